The molecule has 0 radical (unpaired) electrons. The van der Waals surface area contributed by atoms with Crippen molar-refractivity contribution in [2.45, 2.75) is 57.1 Å². The summed E-state index contributed by atoms with van der Waals surface area (Å²) >= 11 is 0. The van der Waals surface area contributed by atoms with Crippen LogP contribution in [0.25, 0.3) is 11.1 Å². The number of carbonyl (C=O) groups excluding carboxylic acids is 1. The lowest BCUT2D eigenvalue weighted by Crippen LogP contribution is -2.32. The average Bonchev–Trinajstić information content (AvgIpc) is 3.14. The number of hydrogen-bond donors (Lipinski definition) is 2. The lowest BCUT2D eigenvalue weighted by atomic mass is 9.95. The number of aliphatic hydroxyl groups excluding tert-OH is 1. The molecule has 164 valence electrons. The third-order valence-corrected chi connectivity index (χ3v) is 5.79. The second kappa shape index (κ2) is 11.5. The Hall–Kier alpha value is -2.92. The van der Waals surface area contributed by atoms with E-state index in [1.54, 1.807) is 6.08 Å². The summed E-state index contributed by atoms with van der Waals surface area (Å²) in [5, 5.41) is 19.6. The van der Waals surface area contributed by atoms with Crippen molar-refractivity contribution in [2.75, 3.05) is 6.54 Å². The van der Waals surface area contributed by atoms with Crippen molar-refractivity contribution >= 4 is 11.9 Å². The Balaban J connectivity index is 1.59. The molecule has 0 aromatic heterocycles. The molecular weight excluding hydrogens is 390 g/mol. The van der Waals surface area contributed by atoms with E-state index in [1.807, 2.05) is 65.6 Å². The van der Waals surface area contributed by atoms with Crippen LogP contribution in [0, 0.1) is 0 Å². The van der Waals surface area contributed by atoms with Gasteiger partial charge in [0, 0.05) is 19.4 Å². The number of unbranched alkanes of at least 4 members (excludes halogenated alkanes) is 3. The van der Waals surface area contributed by atoms with E-state index in [1.165, 1.54) is 0 Å². The van der Waals surface area contributed by atoms with Gasteiger partial charge in [0.15, 0.2) is 0 Å². The third kappa shape index (κ3) is 6.53. The molecule has 2 aromatic carbocycles. The lowest BCUT2D eigenvalue weighted by molar-refractivity contribution is -0.137. The minimum atomic E-state index is -0.757. The fourth-order valence-electron chi connectivity index (χ4n) is 4.13. The van der Waals surface area contributed by atoms with Gasteiger partial charge in [-0.3, -0.25) is 9.59 Å². The van der Waals surface area contributed by atoms with Gasteiger partial charge in [0.1, 0.15) is 0 Å². The van der Waals surface area contributed by atoms with Crippen LogP contribution in [0.2, 0.25) is 0 Å². The molecule has 0 aliphatic carbocycles. The highest BCUT2D eigenvalue weighted by molar-refractivity contribution is 5.79. The van der Waals surface area contributed by atoms with E-state index >= 15 is 0 Å². The highest BCUT2D eigenvalue weighted by atomic mass is 16.4. The lowest BCUT2D eigenvalue weighted by Gasteiger charge is -2.23. The van der Waals surface area contributed by atoms with Crippen LogP contribution in [0.3, 0.4) is 0 Å². The van der Waals surface area contributed by atoms with Gasteiger partial charge < -0.3 is 15.1 Å². The predicted molar refractivity (Wildman–Crippen MR) is 121 cm³/mol. The second-order valence-corrected chi connectivity index (χ2v) is 8.03. The second-order valence-electron chi connectivity index (χ2n) is 8.03. The van der Waals surface area contributed by atoms with E-state index in [0.717, 1.165) is 42.4 Å². The van der Waals surface area contributed by atoms with E-state index in [4.69, 9.17) is 5.11 Å². The van der Waals surface area contributed by atoms with Crippen molar-refractivity contribution in [2.24, 2.45) is 0 Å². The van der Waals surface area contributed by atoms with Gasteiger partial charge in [0.05, 0.1) is 12.1 Å². The Morgan fingerprint density at radius 2 is 1.74 bits per heavy atom. The fourth-order valence-corrected chi connectivity index (χ4v) is 4.13. The number of rotatable bonds is 11. The van der Waals surface area contributed by atoms with Crippen molar-refractivity contribution < 1.29 is 19.8 Å². The largest absolute Gasteiger partial charge is 0.481 e. The van der Waals surface area contributed by atoms with Crippen molar-refractivity contribution in [3.05, 3.63) is 72.3 Å². The van der Waals surface area contributed by atoms with E-state index < -0.39 is 12.1 Å². The topological polar surface area (TPSA) is 77.8 Å². The van der Waals surface area contributed by atoms with Gasteiger partial charge in [-0.25, -0.2) is 0 Å². The molecule has 1 aliphatic heterocycles. The summed E-state index contributed by atoms with van der Waals surface area (Å²) in [6.07, 6.45) is 7.85. The van der Waals surface area contributed by atoms with Crippen molar-refractivity contribution in [3.63, 3.8) is 0 Å². The molecule has 0 bridgehead atoms. The highest BCUT2D eigenvalue weighted by Crippen LogP contribution is 2.29. The molecule has 5 heteroatoms. The number of hydrogen-bond acceptors (Lipinski definition) is 3. The molecule has 2 N–H and O–H groups in total. The maximum absolute atomic E-state index is 12.3. The van der Waals surface area contributed by atoms with Crippen molar-refractivity contribution in [3.8, 4) is 11.1 Å². The molecule has 2 aromatic rings. The van der Waals surface area contributed by atoms with E-state index in [2.05, 4.69) is 0 Å². The number of carboxylic acids is 1. The molecule has 1 fully saturated rings. The summed E-state index contributed by atoms with van der Waals surface area (Å²) in [6, 6.07) is 17.8. The Labute approximate surface area is 184 Å². The quantitative estimate of drug-likeness (QED) is 0.397. The molecule has 1 heterocycles. The van der Waals surface area contributed by atoms with Gasteiger partial charge in [-0.15, -0.1) is 0 Å². The molecular formula is C26H31NO4. The molecule has 0 saturated carbocycles. The number of likely N-dealkylation sites (tertiary alicyclic amines) is 1. The standard InChI is InChI=1S/C26H31NO4/c28-24(23-13-8-7-12-22(23)20-10-4-3-5-11-20)17-15-21-16-18-25(29)27(21)19-9-2-1-6-14-26(30)31/h3-5,7-8,10-13,15,17,21,24,28H,1-2,6,9,14,16,18-19H2,(H,30,31)/b17-15+/t21?,24-/m1/s1. The zero-order valence-electron chi connectivity index (χ0n) is 17.8. The minimum absolute atomic E-state index is 0.00468. The maximum Gasteiger partial charge on any atom is 0.303 e. The monoisotopic (exact) mass is 421 g/mol. The number of amides is 1. The predicted octanol–water partition coefficient (Wildman–Crippen LogP) is 4.97. The summed E-state index contributed by atoms with van der Waals surface area (Å²) in [5.74, 6) is -0.605. The van der Waals surface area contributed by atoms with Gasteiger partial charge in [0.2, 0.25) is 5.91 Å². The molecule has 3 rings (SSSR count). The molecule has 1 amide bonds. The smallest absolute Gasteiger partial charge is 0.303 e. The Bertz CT molecular complexity index is 893. The number of nitrogens with zero attached hydrogens (tertiary/aromatic N) is 1. The number of carboxylic acid groups (broad SMARTS) is 1. The minimum Gasteiger partial charge on any atom is -0.481 e. The number of carbonyl (C=O) groups is 2. The van der Waals surface area contributed by atoms with Gasteiger partial charge in [-0.2, -0.15) is 0 Å². The van der Waals surface area contributed by atoms with Crippen molar-refractivity contribution in [1.29, 1.82) is 0 Å². The molecule has 0 spiro atoms. The first-order chi connectivity index (χ1) is 15.1. The fraction of sp³-hybridized carbons (Fsp3) is 0.385. The van der Waals surface area contributed by atoms with Crippen LogP contribution in [0.1, 0.15) is 56.6 Å². The zero-order valence-corrected chi connectivity index (χ0v) is 17.8. The van der Waals surface area contributed by atoms with Gasteiger partial charge in [-0.1, -0.05) is 79.6 Å². The number of aliphatic hydroxyl groups is 1. The normalized spacial score (nSPS) is 17.4. The highest BCUT2D eigenvalue weighted by Gasteiger charge is 2.28. The van der Waals surface area contributed by atoms with E-state index in [9.17, 15) is 14.7 Å². The molecule has 1 aliphatic rings. The van der Waals surface area contributed by atoms with E-state index in [0.29, 0.717) is 19.4 Å². The van der Waals surface area contributed by atoms with Crippen LogP contribution >= 0.6 is 0 Å². The molecule has 2 atom stereocenters. The van der Waals surface area contributed by atoms with E-state index in [-0.39, 0.29) is 18.4 Å². The third-order valence-electron chi connectivity index (χ3n) is 5.79. The van der Waals surface area contributed by atoms with Crippen LogP contribution in [0.15, 0.2) is 66.7 Å². The summed E-state index contributed by atoms with van der Waals surface area (Å²) in [6.45, 7) is 0.678. The maximum atomic E-state index is 12.3. The SMILES string of the molecule is O=C(O)CCCCCCN1C(=O)CCC1/C=C/[C@@H](O)c1ccccc1-c1ccccc1. The van der Waals surface area contributed by atoms with Crippen LogP contribution in [-0.2, 0) is 9.59 Å². The van der Waals surface area contributed by atoms with Gasteiger partial charge >= 0.3 is 5.97 Å². The van der Waals surface area contributed by atoms with Crippen LogP contribution < -0.4 is 0 Å². The van der Waals surface area contributed by atoms with Gasteiger partial charge in [0.25, 0.3) is 0 Å². The summed E-state index contributed by atoms with van der Waals surface area (Å²) in [5.41, 5.74) is 2.91. The Morgan fingerprint density at radius 3 is 2.52 bits per heavy atom. The summed E-state index contributed by atoms with van der Waals surface area (Å²) in [4.78, 5) is 24.8. The molecule has 1 unspecified atom stereocenters. The number of aliphatic carboxylic acids is 1. The first-order valence-electron chi connectivity index (χ1n) is 11.1. The average molecular weight is 422 g/mol. The first kappa shape index (κ1) is 22.8. The summed E-state index contributed by atoms with van der Waals surface area (Å²) < 4.78 is 0. The van der Waals surface area contributed by atoms with Crippen LogP contribution in [0.4, 0.5) is 0 Å². The van der Waals surface area contributed by atoms with Crippen LogP contribution in [-0.4, -0.2) is 39.6 Å². The number of benzene rings is 2. The Kier molecular flexibility index (Phi) is 8.42. The first-order valence-corrected chi connectivity index (χ1v) is 11.1. The molecule has 1 saturated heterocycles. The van der Waals surface area contributed by atoms with Crippen LogP contribution in [0.5, 0.6) is 0 Å². The van der Waals surface area contributed by atoms with Crippen molar-refractivity contribution in [1.82, 2.24) is 4.90 Å². The Morgan fingerprint density at radius 1 is 1.03 bits per heavy atom. The van der Waals surface area contributed by atoms with Gasteiger partial charge in [-0.05, 0) is 36.0 Å². The molecule has 5 nitrogen and oxygen atoms in total. The molecule has 31 heavy (non-hydrogen) atoms. The summed E-state index contributed by atoms with van der Waals surface area (Å²) in [7, 11) is 0. The zero-order chi connectivity index (χ0) is 22.1.